The Hall–Kier alpha value is -2.69. The number of carbonyl (C=O) groups excluding carboxylic acids is 1. The molecule has 0 aliphatic carbocycles. The molecule has 128 valence electrons. The van der Waals surface area contributed by atoms with Crippen molar-refractivity contribution in [1.29, 1.82) is 0 Å². The fourth-order valence-corrected chi connectivity index (χ4v) is 2.36. The summed E-state index contributed by atoms with van der Waals surface area (Å²) in [5.41, 5.74) is 0.918. The first kappa shape index (κ1) is 17.7. The molecule has 0 unspecified atom stereocenters. The first-order valence-corrected chi connectivity index (χ1v) is 7.79. The zero-order valence-corrected chi connectivity index (χ0v) is 14.4. The Morgan fingerprint density at radius 1 is 0.958 bits per heavy atom. The predicted octanol–water partition coefficient (Wildman–Crippen LogP) is 3.35. The quantitative estimate of drug-likeness (QED) is 0.846. The van der Waals surface area contributed by atoms with Gasteiger partial charge in [-0.25, -0.2) is 0 Å². The van der Waals surface area contributed by atoms with Crippen molar-refractivity contribution < 1.29 is 19.0 Å². The van der Waals surface area contributed by atoms with E-state index >= 15 is 0 Å². The third-order valence-electron chi connectivity index (χ3n) is 3.69. The lowest BCUT2D eigenvalue weighted by molar-refractivity contribution is -0.127. The first-order valence-electron chi connectivity index (χ1n) is 7.79. The van der Waals surface area contributed by atoms with Gasteiger partial charge < -0.3 is 19.5 Å². The van der Waals surface area contributed by atoms with E-state index in [0.29, 0.717) is 11.5 Å². The number of ether oxygens (including phenoxy) is 3. The Bertz CT molecular complexity index is 687. The molecule has 2 aromatic rings. The summed E-state index contributed by atoms with van der Waals surface area (Å²) in [4.78, 5) is 12.4. The fourth-order valence-electron chi connectivity index (χ4n) is 2.36. The van der Waals surface area contributed by atoms with Gasteiger partial charge in [0, 0.05) is 11.6 Å². The molecule has 5 heteroatoms. The molecule has 0 saturated carbocycles. The molecule has 0 aliphatic rings. The van der Waals surface area contributed by atoms with E-state index in [1.165, 1.54) is 0 Å². The van der Waals surface area contributed by atoms with Gasteiger partial charge >= 0.3 is 0 Å². The molecular weight excluding hydrogens is 306 g/mol. The van der Waals surface area contributed by atoms with Crippen LogP contribution in [0.15, 0.2) is 48.5 Å². The van der Waals surface area contributed by atoms with Crippen LogP contribution in [-0.4, -0.2) is 26.2 Å². The van der Waals surface area contributed by atoms with Gasteiger partial charge in [0.2, 0.25) is 0 Å². The highest BCUT2D eigenvalue weighted by atomic mass is 16.5. The molecule has 2 atom stereocenters. The summed E-state index contributed by atoms with van der Waals surface area (Å²) in [5, 5.41) is 2.94. The fraction of sp³-hybridized carbons (Fsp3) is 0.316. The molecule has 0 bridgehead atoms. The number of amides is 1. The van der Waals surface area contributed by atoms with Crippen molar-refractivity contribution in [3.8, 4) is 17.2 Å². The number of benzene rings is 2. The highest BCUT2D eigenvalue weighted by molar-refractivity contribution is 5.81. The lowest BCUT2D eigenvalue weighted by Gasteiger charge is -2.20. The minimum absolute atomic E-state index is 0.190. The van der Waals surface area contributed by atoms with Crippen LogP contribution in [-0.2, 0) is 4.79 Å². The molecule has 5 nitrogen and oxygen atoms in total. The average molecular weight is 329 g/mol. The standard InChI is InChI=1S/C19H23NO4/c1-13(17-10-5-6-11-18(17)23-4)20-19(21)14(2)24-16-9-7-8-15(12-16)22-3/h5-14H,1-4H3,(H,20,21)/t13-,14-/m1/s1. The maximum atomic E-state index is 12.4. The van der Waals surface area contributed by atoms with Crippen LogP contribution in [0.3, 0.4) is 0 Å². The molecule has 2 rings (SSSR count). The third-order valence-corrected chi connectivity index (χ3v) is 3.69. The van der Waals surface area contributed by atoms with Crippen molar-refractivity contribution in [1.82, 2.24) is 5.32 Å². The summed E-state index contributed by atoms with van der Waals surface area (Å²) in [6.45, 7) is 3.62. The SMILES string of the molecule is COc1cccc(O[C@H](C)C(=O)N[C@H](C)c2ccccc2OC)c1. The van der Waals surface area contributed by atoms with Gasteiger partial charge in [-0.3, -0.25) is 4.79 Å². The smallest absolute Gasteiger partial charge is 0.261 e. The molecule has 24 heavy (non-hydrogen) atoms. The summed E-state index contributed by atoms with van der Waals surface area (Å²) in [7, 11) is 3.20. The Labute approximate surface area is 142 Å². The number of nitrogens with one attached hydrogen (secondary N) is 1. The second-order valence-electron chi connectivity index (χ2n) is 5.41. The van der Waals surface area contributed by atoms with Gasteiger partial charge in [0.05, 0.1) is 20.3 Å². The molecule has 2 aromatic carbocycles. The first-order chi connectivity index (χ1) is 11.5. The second-order valence-corrected chi connectivity index (χ2v) is 5.41. The molecule has 0 spiro atoms. The summed E-state index contributed by atoms with van der Waals surface area (Å²) in [6, 6.07) is 14.6. The highest BCUT2D eigenvalue weighted by Crippen LogP contribution is 2.25. The number of hydrogen-bond donors (Lipinski definition) is 1. The van der Waals surface area contributed by atoms with Crippen LogP contribution in [0.1, 0.15) is 25.5 Å². The van der Waals surface area contributed by atoms with E-state index in [1.807, 2.05) is 43.3 Å². The van der Waals surface area contributed by atoms with Crippen LogP contribution >= 0.6 is 0 Å². The summed E-state index contributed by atoms with van der Waals surface area (Å²) in [6.07, 6.45) is -0.630. The maximum absolute atomic E-state index is 12.4. The highest BCUT2D eigenvalue weighted by Gasteiger charge is 2.19. The van der Waals surface area contributed by atoms with Crippen molar-refractivity contribution in [3.05, 3.63) is 54.1 Å². The van der Waals surface area contributed by atoms with Gasteiger partial charge in [-0.1, -0.05) is 24.3 Å². The lowest BCUT2D eigenvalue weighted by Crippen LogP contribution is -2.37. The summed E-state index contributed by atoms with van der Waals surface area (Å²) < 4.78 is 16.2. The minimum Gasteiger partial charge on any atom is -0.497 e. The number of rotatable bonds is 7. The normalized spacial score (nSPS) is 12.8. The van der Waals surface area contributed by atoms with E-state index < -0.39 is 6.10 Å². The van der Waals surface area contributed by atoms with Crippen molar-refractivity contribution in [2.24, 2.45) is 0 Å². The molecule has 1 N–H and O–H groups in total. The van der Waals surface area contributed by atoms with Gasteiger partial charge in [0.15, 0.2) is 6.10 Å². The van der Waals surface area contributed by atoms with Gasteiger partial charge in [-0.2, -0.15) is 0 Å². The minimum atomic E-state index is -0.630. The van der Waals surface area contributed by atoms with Gasteiger partial charge in [-0.05, 0) is 32.0 Å². The van der Waals surface area contributed by atoms with Crippen molar-refractivity contribution >= 4 is 5.91 Å². The van der Waals surface area contributed by atoms with Crippen molar-refractivity contribution in [3.63, 3.8) is 0 Å². The maximum Gasteiger partial charge on any atom is 0.261 e. The molecule has 1 amide bonds. The summed E-state index contributed by atoms with van der Waals surface area (Å²) >= 11 is 0. The molecule has 0 fully saturated rings. The van der Waals surface area contributed by atoms with Crippen LogP contribution in [0.25, 0.3) is 0 Å². The third kappa shape index (κ3) is 4.41. The second kappa shape index (κ2) is 8.24. The number of methoxy groups -OCH3 is 2. The van der Waals surface area contributed by atoms with Crippen LogP contribution in [0.5, 0.6) is 17.2 Å². The van der Waals surface area contributed by atoms with Gasteiger partial charge in [0.25, 0.3) is 5.91 Å². The van der Waals surface area contributed by atoms with Crippen LogP contribution < -0.4 is 19.5 Å². The van der Waals surface area contributed by atoms with E-state index in [0.717, 1.165) is 11.3 Å². The molecule has 0 radical (unpaired) electrons. The average Bonchev–Trinajstić information content (AvgIpc) is 2.61. The number of para-hydroxylation sites is 1. The lowest BCUT2D eigenvalue weighted by atomic mass is 10.1. The molecule has 0 saturated heterocycles. The monoisotopic (exact) mass is 329 g/mol. The van der Waals surface area contributed by atoms with Crippen LogP contribution in [0, 0.1) is 0 Å². The Morgan fingerprint density at radius 3 is 2.38 bits per heavy atom. The molecular formula is C19H23NO4. The zero-order chi connectivity index (χ0) is 17.5. The van der Waals surface area contributed by atoms with Gasteiger partial charge in [0.1, 0.15) is 17.2 Å². The van der Waals surface area contributed by atoms with Gasteiger partial charge in [-0.15, -0.1) is 0 Å². The van der Waals surface area contributed by atoms with Crippen molar-refractivity contribution in [2.75, 3.05) is 14.2 Å². The van der Waals surface area contributed by atoms with E-state index in [1.54, 1.807) is 33.3 Å². The molecule has 0 heterocycles. The van der Waals surface area contributed by atoms with E-state index in [2.05, 4.69) is 5.32 Å². The Morgan fingerprint density at radius 2 is 1.67 bits per heavy atom. The molecule has 0 aromatic heterocycles. The molecule has 0 aliphatic heterocycles. The van der Waals surface area contributed by atoms with E-state index in [-0.39, 0.29) is 11.9 Å². The number of carbonyl (C=O) groups is 1. The van der Waals surface area contributed by atoms with E-state index in [9.17, 15) is 4.79 Å². The summed E-state index contributed by atoms with van der Waals surface area (Å²) in [5.74, 6) is 1.81. The zero-order valence-electron chi connectivity index (χ0n) is 14.4. The number of hydrogen-bond acceptors (Lipinski definition) is 4. The van der Waals surface area contributed by atoms with E-state index in [4.69, 9.17) is 14.2 Å². The Balaban J connectivity index is 2.00. The largest absolute Gasteiger partial charge is 0.497 e. The topological polar surface area (TPSA) is 56.8 Å². The Kier molecular flexibility index (Phi) is 6.07. The predicted molar refractivity (Wildman–Crippen MR) is 92.6 cm³/mol. The van der Waals surface area contributed by atoms with Crippen molar-refractivity contribution in [2.45, 2.75) is 26.0 Å². The van der Waals surface area contributed by atoms with Crippen LogP contribution in [0.2, 0.25) is 0 Å². The van der Waals surface area contributed by atoms with Crippen LogP contribution in [0.4, 0.5) is 0 Å².